The van der Waals surface area contributed by atoms with Crippen LogP contribution in [-0.2, 0) is 19.4 Å². The fraction of sp³-hybridized carbons (Fsp3) is 0.529. The minimum atomic E-state index is -3.23. The Labute approximate surface area is 142 Å². The summed E-state index contributed by atoms with van der Waals surface area (Å²) in [7, 11) is -3.23. The maximum absolute atomic E-state index is 12.0. The highest BCUT2D eigenvalue weighted by molar-refractivity contribution is 7.90. The van der Waals surface area contributed by atoms with Gasteiger partial charge in [-0.25, -0.2) is 8.42 Å². The van der Waals surface area contributed by atoms with Crippen molar-refractivity contribution < 1.29 is 18.0 Å². The molecule has 1 fully saturated rings. The molecule has 2 amide bonds. The Morgan fingerprint density at radius 3 is 2.29 bits per heavy atom. The summed E-state index contributed by atoms with van der Waals surface area (Å²) in [5, 5.41) is 5.48. The number of carbonyl (C=O) groups excluding carboxylic acids is 2. The highest BCUT2D eigenvalue weighted by Gasteiger charge is 2.23. The number of hydrogen-bond donors (Lipinski definition) is 2. The number of amides is 2. The molecule has 0 heterocycles. The third kappa shape index (κ3) is 5.06. The molecule has 0 bridgehead atoms. The van der Waals surface area contributed by atoms with Gasteiger partial charge in [0, 0.05) is 12.2 Å². The molecule has 0 radical (unpaired) electrons. The maximum atomic E-state index is 12.0. The molecular formula is C17H24N2O4S. The largest absolute Gasteiger partial charge is 0.348 e. The van der Waals surface area contributed by atoms with E-state index in [1.165, 1.54) is 12.1 Å². The molecule has 1 aromatic rings. The average Bonchev–Trinajstić information content (AvgIpc) is 3.06. The summed E-state index contributed by atoms with van der Waals surface area (Å²) in [5.41, 5.74) is 0.804. The van der Waals surface area contributed by atoms with Crippen LogP contribution in [0.1, 0.15) is 44.2 Å². The zero-order valence-electron chi connectivity index (χ0n) is 14.0. The van der Waals surface area contributed by atoms with Crippen LogP contribution in [0.25, 0.3) is 0 Å². The zero-order valence-corrected chi connectivity index (χ0v) is 14.9. The molecule has 132 valence electrons. The van der Waals surface area contributed by atoms with Crippen LogP contribution >= 0.6 is 0 Å². The maximum Gasteiger partial charge on any atom is 0.239 e. The van der Waals surface area contributed by atoms with E-state index in [0.29, 0.717) is 0 Å². The Kier molecular flexibility index (Phi) is 5.99. The Morgan fingerprint density at radius 2 is 1.75 bits per heavy atom. The van der Waals surface area contributed by atoms with Crippen molar-refractivity contribution in [3.05, 3.63) is 29.8 Å². The molecule has 1 aromatic carbocycles. The fourth-order valence-corrected chi connectivity index (χ4v) is 3.51. The van der Waals surface area contributed by atoms with Gasteiger partial charge in [-0.1, -0.05) is 25.0 Å². The molecule has 0 aliphatic heterocycles. The topological polar surface area (TPSA) is 92.3 Å². The van der Waals surface area contributed by atoms with Gasteiger partial charge in [0.05, 0.1) is 17.5 Å². The van der Waals surface area contributed by atoms with Crippen molar-refractivity contribution in [2.45, 2.75) is 43.5 Å². The zero-order chi connectivity index (χ0) is 17.7. The lowest BCUT2D eigenvalue weighted by Gasteiger charge is -2.16. The number of sulfone groups is 1. The fourth-order valence-electron chi connectivity index (χ4n) is 2.88. The van der Waals surface area contributed by atoms with Crippen LogP contribution < -0.4 is 10.6 Å². The molecule has 7 heteroatoms. The lowest BCUT2D eigenvalue weighted by molar-refractivity contribution is -0.128. The molecule has 2 rings (SSSR count). The number of carbonyl (C=O) groups is 2. The van der Waals surface area contributed by atoms with Gasteiger partial charge in [0.1, 0.15) is 0 Å². The summed E-state index contributed by atoms with van der Waals surface area (Å²) in [5.74, 6) is -0.271. The summed E-state index contributed by atoms with van der Waals surface area (Å²) in [6.45, 7) is 1.77. The van der Waals surface area contributed by atoms with Crippen molar-refractivity contribution in [3.8, 4) is 0 Å². The van der Waals surface area contributed by atoms with Crippen molar-refractivity contribution in [3.63, 3.8) is 0 Å². The van der Waals surface area contributed by atoms with Gasteiger partial charge < -0.3 is 10.6 Å². The monoisotopic (exact) mass is 352 g/mol. The van der Waals surface area contributed by atoms with Gasteiger partial charge >= 0.3 is 0 Å². The predicted octanol–water partition coefficient (Wildman–Crippen LogP) is 1.57. The van der Waals surface area contributed by atoms with E-state index in [4.69, 9.17) is 0 Å². The van der Waals surface area contributed by atoms with E-state index >= 15 is 0 Å². The van der Waals surface area contributed by atoms with Crippen LogP contribution in [0.15, 0.2) is 29.2 Å². The molecule has 0 spiro atoms. The number of rotatable bonds is 6. The summed E-state index contributed by atoms with van der Waals surface area (Å²) in [4.78, 5) is 24.1. The Bertz CT molecular complexity index is 692. The van der Waals surface area contributed by atoms with E-state index in [0.717, 1.165) is 37.5 Å². The first-order valence-corrected chi connectivity index (χ1v) is 10.0. The second-order valence-corrected chi connectivity index (χ2v) is 8.35. The van der Waals surface area contributed by atoms with Gasteiger partial charge in [0.2, 0.25) is 11.8 Å². The van der Waals surface area contributed by atoms with Gasteiger partial charge in [-0.3, -0.25) is 9.59 Å². The van der Waals surface area contributed by atoms with Gasteiger partial charge in [0.25, 0.3) is 0 Å². The molecule has 1 saturated carbocycles. The Morgan fingerprint density at radius 1 is 1.17 bits per heavy atom. The third-order valence-electron chi connectivity index (χ3n) is 4.33. The molecule has 2 N–H and O–H groups in total. The van der Waals surface area contributed by atoms with E-state index in [1.807, 2.05) is 6.92 Å². The number of benzene rings is 1. The average molecular weight is 352 g/mol. The van der Waals surface area contributed by atoms with Crippen molar-refractivity contribution in [1.82, 2.24) is 10.6 Å². The van der Waals surface area contributed by atoms with Gasteiger partial charge in [-0.2, -0.15) is 0 Å². The van der Waals surface area contributed by atoms with Crippen LogP contribution in [0, 0.1) is 5.92 Å². The van der Waals surface area contributed by atoms with E-state index in [2.05, 4.69) is 10.6 Å². The minimum Gasteiger partial charge on any atom is -0.348 e. The summed E-state index contributed by atoms with van der Waals surface area (Å²) >= 11 is 0. The second-order valence-electron chi connectivity index (χ2n) is 6.33. The standard InChI is InChI=1S/C17H24N2O4S/c1-12(13-7-9-15(10-8-13)24(2,22)23)19-16(20)11-18-17(21)14-5-3-4-6-14/h7-10,12,14H,3-6,11H2,1-2H3,(H,18,21)(H,19,20). The first kappa shape index (κ1) is 18.4. The normalized spacial score (nSPS) is 16.6. The van der Waals surface area contributed by atoms with E-state index in [9.17, 15) is 18.0 Å². The summed E-state index contributed by atoms with van der Waals surface area (Å²) < 4.78 is 22.9. The van der Waals surface area contributed by atoms with Crippen LogP contribution in [-0.4, -0.2) is 33.0 Å². The Hall–Kier alpha value is -1.89. The molecule has 1 aliphatic rings. The first-order valence-electron chi connectivity index (χ1n) is 8.14. The second kappa shape index (κ2) is 7.79. The number of hydrogen-bond acceptors (Lipinski definition) is 4. The quantitative estimate of drug-likeness (QED) is 0.813. The van der Waals surface area contributed by atoms with E-state index < -0.39 is 9.84 Å². The molecular weight excluding hydrogens is 328 g/mol. The van der Waals surface area contributed by atoms with Gasteiger partial charge in [-0.15, -0.1) is 0 Å². The van der Waals surface area contributed by atoms with E-state index in [1.54, 1.807) is 12.1 Å². The van der Waals surface area contributed by atoms with Crippen molar-refractivity contribution >= 4 is 21.7 Å². The third-order valence-corrected chi connectivity index (χ3v) is 5.46. The predicted molar refractivity (Wildman–Crippen MR) is 91.1 cm³/mol. The lowest BCUT2D eigenvalue weighted by atomic mass is 10.1. The molecule has 0 aromatic heterocycles. The summed E-state index contributed by atoms with van der Waals surface area (Å²) in [6, 6.07) is 6.14. The molecule has 6 nitrogen and oxygen atoms in total. The van der Waals surface area contributed by atoms with Gasteiger partial charge in [-0.05, 0) is 37.5 Å². The SMILES string of the molecule is CC(NC(=O)CNC(=O)C1CCCC1)c1ccc(S(C)(=O)=O)cc1. The van der Waals surface area contributed by atoms with Crippen LogP contribution in [0.5, 0.6) is 0 Å². The van der Waals surface area contributed by atoms with Crippen molar-refractivity contribution in [1.29, 1.82) is 0 Å². The van der Waals surface area contributed by atoms with Crippen molar-refractivity contribution in [2.24, 2.45) is 5.92 Å². The molecule has 24 heavy (non-hydrogen) atoms. The molecule has 1 aliphatic carbocycles. The first-order chi connectivity index (χ1) is 11.3. The van der Waals surface area contributed by atoms with Crippen LogP contribution in [0.3, 0.4) is 0 Å². The smallest absolute Gasteiger partial charge is 0.239 e. The molecule has 1 atom stereocenters. The minimum absolute atomic E-state index is 0.0405. The van der Waals surface area contributed by atoms with Crippen LogP contribution in [0.4, 0.5) is 0 Å². The highest BCUT2D eigenvalue weighted by Crippen LogP contribution is 2.24. The molecule has 1 unspecified atom stereocenters. The molecule has 0 saturated heterocycles. The highest BCUT2D eigenvalue weighted by atomic mass is 32.2. The number of nitrogens with one attached hydrogen (secondary N) is 2. The Balaban J connectivity index is 1.83. The van der Waals surface area contributed by atoms with Crippen LogP contribution in [0.2, 0.25) is 0 Å². The van der Waals surface area contributed by atoms with E-state index in [-0.39, 0.29) is 35.2 Å². The van der Waals surface area contributed by atoms with Crippen molar-refractivity contribution in [2.75, 3.05) is 12.8 Å². The summed E-state index contributed by atoms with van der Waals surface area (Å²) in [6.07, 6.45) is 5.10. The van der Waals surface area contributed by atoms with Gasteiger partial charge in [0.15, 0.2) is 9.84 Å². The lowest BCUT2D eigenvalue weighted by Crippen LogP contribution is -2.39.